The van der Waals surface area contributed by atoms with Gasteiger partial charge in [0.1, 0.15) is 5.78 Å². The molecule has 1 fully saturated rings. The van der Waals surface area contributed by atoms with Crippen molar-refractivity contribution in [2.75, 3.05) is 13.1 Å². The van der Waals surface area contributed by atoms with Crippen LogP contribution in [0.25, 0.3) is 0 Å². The van der Waals surface area contributed by atoms with Crippen LogP contribution in [0.4, 0.5) is 0 Å². The van der Waals surface area contributed by atoms with Gasteiger partial charge in [-0.2, -0.15) is 11.3 Å². The van der Waals surface area contributed by atoms with Gasteiger partial charge in [-0.25, -0.2) is 0 Å². The molecule has 1 aromatic rings. The van der Waals surface area contributed by atoms with Crippen LogP contribution >= 0.6 is 11.3 Å². The third kappa shape index (κ3) is 2.96. The number of Topliss-reactive ketones (excluding diaryl/α,β-unsaturated/α-hetero) is 1. The molecule has 0 amide bonds. The normalized spacial score (nSPS) is 19.1. The van der Waals surface area contributed by atoms with E-state index in [-0.39, 0.29) is 5.41 Å². The molecule has 1 aliphatic rings. The molecule has 2 nitrogen and oxygen atoms in total. The van der Waals surface area contributed by atoms with Crippen LogP contribution in [0.3, 0.4) is 0 Å². The zero-order chi connectivity index (χ0) is 12.1. The summed E-state index contributed by atoms with van der Waals surface area (Å²) in [5.41, 5.74) is 1.15. The fraction of sp³-hybridized carbons (Fsp3) is 0.643. The first kappa shape index (κ1) is 12.8. The number of carbonyl (C=O) groups is 1. The molecule has 0 aliphatic carbocycles. The molecule has 1 aromatic heterocycles. The first-order valence-electron chi connectivity index (χ1n) is 6.52. The number of carbonyl (C=O) groups excluding carboxylic acids is 1. The Morgan fingerprint density at radius 2 is 2.24 bits per heavy atom. The molecule has 1 saturated heterocycles. The molecule has 1 aliphatic heterocycles. The Labute approximate surface area is 107 Å². The number of nitrogens with one attached hydrogen (secondary N) is 1. The van der Waals surface area contributed by atoms with Gasteiger partial charge in [0.05, 0.1) is 0 Å². The summed E-state index contributed by atoms with van der Waals surface area (Å²) >= 11 is 1.68. The Morgan fingerprint density at radius 3 is 2.82 bits per heavy atom. The first-order chi connectivity index (χ1) is 8.27. The topological polar surface area (TPSA) is 29.1 Å². The lowest BCUT2D eigenvalue weighted by Crippen LogP contribution is -2.42. The second kappa shape index (κ2) is 5.78. The summed E-state index contributed by atoms with van der Waals surface area (Å²) in [5, 5.41) is 7.51. The average Bonchev–Trinajstić information content (AvgIpc) is 2.83. The number of ketones is 1. The summed E-state index contributed by atoms with van der Waals surface area (Å²) in [7, 11) is 0. The van der Waals surface area contributed by atoms with Crippen LogP contribution in [-0.2, 0) is 11.2 Å². The average molecular weight is 251 g/mol. The van der Waals surface area contributed by atoms with Crippen molar-refractivity contribution in [3.8, 4) is 0 Å². The summed E-state index contributed by atoms with van der Waals surface area (Å²) in [6.45, 7) is 4.17. The Kier molecular flexibility index (Phi) is 4.35. The van der Waals surface area contributed by atoms with Crippen LogP contribution in [0.5, 0.6) is 0 Å². The Morgan fingerprint density at radius 1 is 1.47 bits per heavy atom. The minimum absolute atomic E-state index is 0.0397. The van der Waals surface area contributed by atoms with Gasteiger partial charge >= 0.3 is 0 Å². The lowest BCUT2D eigenvalue weighted by atomic mass is 9.71. The number of piperidine rings is 1. The van der Waals surface area contributed by atoms with Crippen LogP contribution in [0.2, 0.25) is 0 Å². The number of rotatable bonds is 5. The van der Waals surface area contributed by atoms with Crippen LogP contribution in [0.15, 0.2) is 16.8 Å². The van der Waals surface area contributed by atoms with E-state index in [1.165, 1.54) is 5.56 Å². The van der Waals surface area contributed by atoms with E-state index in [1.807, 2.05) is 0 Å². The molecule has 0 atom stereocenters. The maximum absolute atomic E-state index is 12.6. The van der Waals surface area contributed by atoms with Crippen molar-refractivity contribution >= 4 is 17.1 Å². The van der Waals surface area contributed by atoms with Gasteiger partial charge < -0.3 is 5.32 Å². The van der Waals surface area contributed by atoms with Crippen LogP contribution in [-0.4, -0.2) is 18.9 Å². The van der Waals surface area contributed by atoms with Gasteiger partial charge in [0.15, 0.2) is 0 Å². The maximum Gasteiger partial charge on any atom is 0.143 e. The van der Waals surface area contributed by atoms with Crippen molar-refractivity contribution in [2.24, 2.45) is 5.41 Å². The highest BCUT2D eigenvalue weighted by molar-refractivity contribution is 7.08. The lowest BCUT2D eigenvalue weighted by molar-refractivity contribution is -0.130. The van der Waals surface area contributed by atoms with Crippen LogP contribution < -0.4 is 5.32 Å². The molecule has 0 aromatic carbocycles. The van der Waals surface area contributed by atoms with Crippen molar-refractivity contribution in [1.82, 2.24) is 5.32 Å². The lowest BCUT2D eigenvalue weighted by Gasteiger charge is -2.36. The summed E-state index contributed by atoms with van der Waals surface area (Å²) in [6, 6.07) is 2.07. The highest BCUT2D eigenvalue weighted by Gasteiger charge is 2.37. The monoisotopic (exact) mass is 251 g/mol. The minimum atomic E-state index is -0.0397. The van der Waals surface area contributed by atoms with Gasteiger partial charge in [-0.3, -0.25) is 4.79 Å². The predicted molar refractivity (Wildman–Crippen MR) is 72.5 cm³/mol. The van der Waals surface area contributed by atoms with Gasteiger partial charge in [0, 0.05) is 11.8 Å². The molecule has 2 rings (SSSR count). The zero-order valence-electron chi connectivity index (χ0n) is 10.5. The fourth-order valence-corrected chi connectivity index (χ4v) is 3.49. The highest BCUT2D eigenvalue weighted by atomic mass is 32.1. The molecule has 0 spiro atoms. The smallest absolute Gasteiger partial charge is 0.143 e. The third-order valence-electron chi connectivity index (χ3n) is 3.83. The molecule has 94 valence electrons. The molecule has 0 saturated carbocycles. The van der Waals surface area contributed by atoms with Gasteiger partial charge in [0.2, 0.25) is 0 Å². The Balaban J connectivity index is 2.06. The van der Waals surface area contributed by atoms with Crippen LogP contribution in [0, 0.1) is 5.41 Å². The standard InChI is InChI=1S/C14H21NOS/c1-2-4-14(5-7-15-8-6-14)13(16)10-12-3-9-17-11-12/h3,9,11,15H,2,4-8,10H2,1H3. The zero-order valence-corrected chi connectivity index (χ0v) is 11.3. The third-order valence-corrected chi connectivity index (χ3v) is 4.56. The summed E-state index contributed by atoms with van der Waals surface area (Å²) in [4.78, 5) is 12.6. The fourth-order valence-electron chi connectivity index (χ4n) is 2.82. The molecular weight excluding hydrogens is 230 g/mol. The van der Waals surface area contributed by atoms with E-state index in [0.29, 0.717) is 12.2 Å². The predicted octanol–water partition coefficient (Wildman–Crippen LogP) is 3.03. The van der Waals surface area contributed by atoms with E-state index < -0.39 is 0 Å². The Bertz CT molecular complexity index is 347. The van der Waals surface area contributed by atoms with E-state index in [0.717, 1.165) is 38.8 Å². The van der Waals surface area contributed by atoms with Gasteiger partial charge in [-0.05, 0) is 54.7 Å². The van der Waals surface area contributed by atoms with Crippen molar-refractivity contribution in [3.63, 3.8) is 0 Å². The number of thiophene rings is 1. The van der Waals surface area contributed by atoms with E-state index in [4.69, 9.17) is 0 Å². The molecular formula is C14H21NOS. The van der Waals surface area contributed by atoms with Crippen molar-refractivity contribution < 1.29 is 4.79 Å². The van der Waals surface area contributed by atoms with Crippen molar-refractivity contribution in [3.05, 3.63) is 22.4 Å². The quantitative estimate of drug-likeness (QED) is 0.871. The van der Waals surface area contributed by atoms with Crippen molar-refractivity contribution in [1.29, 1.82) is 0 Å². The number of hydrogen-bond donors (Lipinski definition) is 1. The largest absolute Gasteiger partial charge is 0.317 e. The van der Waals surface area contributed by atoms with Gasteiger partial charge in [-0.15, -0.1) is 0 Å². The van der Waals surface area contributed by atoms with Gasteiger partial charge in [-0.1, -0.05) is 13.3 Å². The number of hydrogen-bond acceptors (Lipinski definition) is 3. The van der Waals surface area contributed by atoms with E-state index in [9.17, 15) is 4.79 Å². The van der Waals surface area contributed by atoms with E-state index in [1.54, 1.807) is 11.3 Å². The molecule has 0 bridgehead atoms. The molecule has 0 unspecified atom stereocenters. The molecule has 17 heavy (non-hydrogen) atoms. The van der Waals surface area contributed by atoms with E-state index >= 15 is 0 Å². The SMILES string of the molecule is CCCC1(C(=O)Cc2ccsc2)CCNCC1. The molecule has 2 heterocycles. The van der Waals surface area contributed by atoms with Crippen molar-refractivity contribution in [2.45, 2.75) is 39.0 Å². The maximum atomic E-state index is 12.6. The molecule has 0 radical (unpaired) electrons. The van der Waals surface area contributed by atoms with Gasteiger partial charge in [0.25, 0.3) is 0 Å². The minimum Gasteiger partial charge on any atom is -0.317 e. The molecule has 3 heteroatoms. The summed E-state index contributed by atoms with van der Waals surface area (Å²) in [5.74, 6) is 0.458. The van der Waals surface area contributed by atoms with E-state index in [2.05, 4.69) is 29.1 Å². The second-order valence-corrected chi connectivity index (χ2v) is 5.79. The summed E-state index contributed by atoms with van der Waals surface area (Å²) in [6.07, 6.45) is 4.82. The van der Waals surface area contributed by atoms with Crippen LogP contribution in [0.1, 0.15) is 38.2 Å². The molecule has 1 N–H and O–H groups in total. The Hall–Kier alpha value is -0.670. The second-order valence-electron chi connectivity index (χ2n) is 5.01. The summed E-state index contributed by atoms with van der Waals surface area (Å²) < 4.78 is 0. The highest BCUT2D eigenvalue weighted by Crippen LogP contribution is 2.36. The first-order valence-corrected chi connectivity index (χ1v) is 7.46.